The van der Waals surface area contributed by atoms with E-state index < -0.39 is 9.76 Å². The summed E-state index contributed by atoms with van der Waals surface area (Å²) in [6, 6.07) is 0. The molecule has 0 spiro atoms. The van der Waals surface area contributed by atoms with Crippen molar-refractivity contribution in [2.24, 2.45) is 5.92 Å². The second kappa shape index (κ2) is 9.96. The van der Waals surface area contributed by atoms with Crippen molar-refractivity contribution in [1.82, 2.24) is 0 Å². The highest BCUT2D eigenvalue weighted by atomic mass is 28.2. The number of ether oxygens (including phenoxy) is 1. The Kier molecular flexibility index (Phi) is 9.87. The second-order valence-electron chi connectivity index (χ2n) is 3.16. The van der Waals surface area contributed by atoms with Gasteiger partial charge in [-0.25, -0.2) is 0 Å². The van der Waals surface area contributed by atoms with Crippen LogP contribution in [0.2, 0.25) is 0 Å². The van der Waals surface area contributed by atoms with E-state index >= 15 is 0 Å². The molecule has 0 fully saturated rings. The smallest absolute Gasteiger partial charge is 0.186 e. The van der Waals surface area contributed by atoms with Gasteiger partial charge in [-0.1, -0.05) is 13.0 Å². The van der Waals surface area contributed by atoms with Gasteiger partial charge in [0.1, 0.15) is 0 Å². The highest BCUT2D eigenvalue weighted by molar-refractivity contribution is 6.26. The third-order valence-electron chi connectivity index (χ3n) is 1.93. The number of hydrogen-bond donors (Lipinski definition) is 0. The molecule has 0 aliphatic rings. The maximum absolute atomic E-state index is 5.51. The molecule has 2 nitrogen and oxygen atoms in total. The van der Waals surface area contributed by atoms with E-state index in [-0.39, 0.29) is 0 Å². The summed E-state index contributed by atoms with van der Waals surface area (Å²) in [7, 11) is -0.399. The molecule has 0 aliphatic carbocycles. The summed E-state index contributed by atoms with van der Waals surface area (Å²) in [5.74, 6) is 0.622. The molecule has 3 heteroatoms. The lowest BCUT2D eigenvalue weighted by Crippen LogP contribution is -2.09. The van der Waals surface area contributed by atoms with Crippen molar-refractivity contribution in [3.05, 3.63) is 12.7 Å². The molecule has 0 saturated carbocycles. The van der Waals surface area contributed by atoms with Crippen molar-refractivity contribution < 1.29 is 9.16 Å². The molecule has 0 aromatic heterocycles. The topological polar surface area (TPSA) is 18.5 Å². The first-order valence-corrected chi connectivity index (χ1v) is 6.67. The minimum atomic E-state index is -0.399. The van der Waals surface area contributed by atoms with Gasteiger partial charge < -0.3 is 9.16 Å². The van der Waals surface area contributed by atoms with Crippen LogP contribution in [0.5, 0.6) is 0 Å². The summed E-state index contributed by atoms with van der Waals surface area (Å²) in [5.41, 5.74) is 0. The SMILES string of the molecule is C=CC(C)CCCO[SiH2]COCC. The summed E-state index contributed by atoms with van der Waals surface area (Å²) in [6.07, 6.45) is 5.18. The Balaban J connectivity index is 2.95. The fourth-order valence-corrected chi connectivity index (χ4v) is 1.92. The molecule has 0 aromatic carbocycles. The minimum Gasteiger partial charge on any atom is -0.422 e. The Morgan fingerprint density at radius 3 is 2.92 bits per heavy atom. The van der Waals surface area contributed by atoms with Gasteiger partial charge in [0.15, 0.2) is 9.76 Å². The van der Waals surface area contributed by atoms with Crippen LogP contribution in [0, 0.1) is 5.92 Å². The average molecular weight is 202 g/mol. The van der Waals surface area contributed by atoms with Gasteiger partial charge in [-0.15, -0.1) is 6.58 Å². The van der Waals surface area contributed by atoms with Crippen molar-refractivity contribution in [3.8, 4) is 0 Å². The van der Waals surface area contributed by atoms with E-state index in [0.29, 0.717) is 5.92 Å². The van der Waals surface area contributed by atoms with Gasteiger partial charge in [-0.05, 0) is 25.7 Å². The normalized spacial score (nSPS) is 13.7. The Bertz CT molecular complexity index is 117. The lowest BCUT2D eigenvalue weighted by Gasteiger charge is -2.06. The maximum atomic E-state index is 5.51. The molecular weight excluding hydrogens is 180 g/mol. The fraction of sp³-hybridized carbons (Fsp3) is 0.800. The van der Waals surface area contributed by atoms with Crippen LogP contribution in [0.15, 0.2) is 12.7 Å². The van der Waals surface area contributed by atoms with Gasteiger partial charge in [0.25, 0.3) is 0 Å². The molecule has 78 valence electrons. The largest absolute Gasteiger partial charge is 0.422 e. The molecule has 0 saturated heterocycles. The molecule has 1 unspecified atom stereocenters. The van der Waals surface area contributed by atoms with Crippen molar-refractivity contribution in [2.45, 2.75) is 26.7 Å². The fourth-order valence-electron chi connectivity index (χ4n) is 0.989. The van der Waals surface area contributed by atoms with Gasteiger partial charge in [0, 0.05) is 13.2 Å². The van der Waals surface area contributed by atoms with Crippen LogP contribution < -0.4 is 0 Å². The molecule has 0 bridgehead atoms. The second-order valence-corrected chi connectivity index (χ2v) is 4.39. The van der Waals surface area contributed by atoms with Gasteiger partial charge in [-0.2, -0.15) is 0 Å². The van der Waals surface area contributed by atoms with Crippen LogP contribution in [0.1, 0.15) is 26.7 Å². The quantitative estimate of drug-likeness (QED) is 0.322. The predicted octanol–water partition coefficient (Wildman–Crippen LogP) is 1.68. The monoisotopic (exact) mass is 202 g/mol. The highest BCUT2D eigenvalue weighted by Gasteiger charge is 1.95. The molecule has 0 aromatic rings. The summed E-state index contributed by atoms with van der Waals surface area (Å²) in [5, 5.41) is 0. The average Bonchev–Trinajstić information content (AvgIpc) is 2.16. The van der Waals surface area contributed by atoms with E-state index in [1.807, 2.05) is 13.0 Å². The predicted molar refractivity (Wildman–Crippen MR) is 59.6 cm³/mol. The number of allylic oxidation sites excluding steroid dienone is 1. The lowest BCUT2D eigenvalue weighted by molar-refractivity contribution is 0.177. The molecule has 0 N–H and O–H groups in total. The third-order valence-corrected chi connectivity index (χ3v) is 2.96. The first-order valence-electron chi connectivity index (χ1n) is 5.09. The molecule has 0 aliphatic heterocycles. The molecule has 13 heavy (non-hydrogen) atoms. The van der Waals surface area contributed by atoms with Gasteiger partial charge in [-0.3, -0.25) is 0 Å². The van der Waals surface area contributed by atoms with Gasteiger partial charge in [0.2, 0.25) is 0 Å². The van der Waals surface area contributed by atoms with E-state index in [9.17, 15) is 0 Å². The van der Waals surface area contributed by atoms with E-state index in [1.165, 1.54) is 6.42 Å². The van der Waals surface area contributed by atoms with Crippen LogP contribution >= 0.6 is 0 Å². The van der Waals surface area contributed by atoms with Crippen LogP contribution in [0.4, 0.5) is 0 Å². The minimum absolute atomic E-state index is 0.399. The van der Waals surface area contributed by atoms with Crippen molar-refractivity contribution in [2.75, 3.05) is 19.4 Å². The highest BCUT2D eigenvalue weighted by Crippen LogP contribution is 2.05. The van der Waals surface area contributed by atoms with Crippen LogP contribution in [-0.4, -0.2) is 29.2 Å². The Hall–Kier alpha value is -0.123. The zero-order chi connectivity index (χ0) is 9.94. The Morgan fingerprint density at radius 1 is 1.54 bits per heavy atom. The zero-order valence-corrected chi connectivity index (χ0v) is 10.3. The Morgan fingerprint density at radius 2 is 2.31 bits per heavy atom. The number of hydrogen-bond acceptors (Lipinski definition) is 2. The van der Waals surface area contributed by atoms with E-state index in [0.717, 1.165) is 25.9 Å². The molecule has 0 heterocycles. The summed E-state index contributed by atoms with van der Waals surface area (Å²) in [6.45, 7) is 9.66. The van der Waals surface area contributed by atoms with Gasteiger partial charge in [0.05, 0.1) is 6.23 Å². The van der Waals surface area contributed by atoms with Crippen LogP contribution in [-0.2, 0) is 9.16 Å². The molecule has 0 rings (SSSR count). The first-order chi connectivity index (χ1) is 6.31. The summed E-state index contributed by atoms with van der Waals surface area (Å²) >= 11 is 0. The van der Waals surface area contributed by atoms with Gasteiger partial charge >= 0.3 is 0 Å². The molecule has 0 radical (unpaired) electrons. The summed E-state index contributed by atoms with van der Waals surface area (Å²) in [4.78, 5) is 0. The standard InChI is InChI=1S/C10H22O2Si/c1-4-10(3)7-6-8-12-13-9-11-5-2/h4,10H,1,5-9,13H2,2-3H3. The molecule has 1 atom stereocenters. The third kappa shape index (κ3) is 9.79. The Labute approximate surface area is 84.3 Å². The molecular formula is C10H22O2Si. The van der Waals surface area contributed by atoms with Crippen LogP contribution in [0.25, 0.3) is 0 Å². The van der Waals surface area contributed by atoms with Crippen LogP contribution in [0.3, 0.4) is 0 Å². The summed E-state index contributed by atoms with van der Waals surface area (Å²) < 4.78 is 10.7. The van der Waals surface area contributed by atoms with E-state index in [4.69, 9.17) is 9.16 Å². The van der Waals surface area contributed by atoms with Crippen molar-refractivity contribution >= 4 is 9.76 Å². The first kappa shape index (κ1) is 12.9. The maximum Gasteiger partial charge on any atom is 0.186 e. The van der Waals surface area contributed by atoms with Crippen molar-refractivity contribution in [1.29, 1.82) is 0 Å². The number of rotatable bonds is 9. The molecule has 0 amide bonds. The zero-order valence-electron chi connectivity index (χ0n) is 8.92. The lowest BCUT2D eigenvalue weighted by atomic mass is 10.1. The van der Waals surface area contributed by atoms with E-state index in [2.05, 4.69) is 13.5 Å². The van der Waals surface area contributed by atoms with Crippen molar-refractivity contribution in [3.63, 3.8) is 0 Å². The van der Waals surface area contributed by atoms with E-state index in [1.54, 1.807) is 0 Å².